The number of thiophene rings is 1. The zero-order valence-corrected chi connectivity index (χ0v) is 22.2. The van der Waals surface area contributed by atoms with Crippen molar-refractivity contribution in [3.63, 3.8) is 0 Å². The van der Waals surface area contributed by atoms with E-state index in [0.29, 0.717) is 21.5 Å². The first-order valence-electron chi connectivity index (χ1n) is 11.1. The number of anilines is 1. The zero-order chi connectivity index (χ0) is 25.4. The molecule has 0 radical (unpaired) electrons. The first kappa shape index (κ1) is 24.2. The second-order valence-corrected chi connectivity index (χ2v) is 10.8. The van der Waals surface area contributed by atoms with Crippen LogP contribution in [0.5, 0.6) is 5.75 Å². The Morgan fingerprint density at radius 2 is 1.86 bits per heavy atom. The van der Waals surface area contributed by atoms with Crippen molar-refractivity contribution in [2.24, 2.45) is 0 Å². The van der Waals surface area contributed by atoms with Crippen molar-refractivity contribution in [3.8, 4) is 16.3 Å². The molecule has 0 saturated heterocycles. The number of carbonyl (C=O) groups is 2. The van der Waals surface area contributed by atoms with Crippen LogP contribution in [0.4, 0.5) is 5.13 Å². The van der Waals surface area contributed by atoms with E-state index in [2.05, 4.69) is 9.97 Å². The molecule has 0 bridgehead atoms. The lowest BCUT2D eigenvalue weighted by Crippen LogP contribution is -2.38. The SMILES string of the molecule is COc1ccc2[nH]c(C)c(CC(=O)N(C(=O)c3ccc(Cl)cc3)c3nc(-c4ccc(C)s4)cs3)c2c1. The maximum absolute atomic E-state index is 13.8. The lowest BCUT2D eigenvalue weighted by Gasteiger charge is -2.18. The number of thiazole rings is 1. The van der Waals surface area contributed by atoms with Gasteiger partial charge in [0.25, 0.3) is 5.91 Å². The molecule has 1 N–H and O–H groups in total. The summed E-state index contributed by atoms with van der Waals surface area (Å²) in [6.45, 7) is 3.95. The summed E-state index contributed by atoms with van der Waals surface area (Å²) in [4.78, 5) is 38.8. The molecule has 0 aliphatic carbocycles. The maximum atomic E-state index is 13.8. The van der Waals surface area contributed by atoms with Gasteiger partial charge in [-0.2, -0.15) is 0 Å². The summed E-state index contributed by atoms with van der Waals surface area (Å²) in [5.41, 5.74) is 3.67. The number of aromatic amines is 1. The Balaban J connectivity index is 1.54. The van der Waals surface area contributed by atoms with E-state index in [-0.39, 0.29) is 12.3 Å². The number of aryl methyl sites for hydroxylation is 2. The number of ether oxygens (including phenoxy) is 1. The van der Waals surface area contributed by atoms with Gasteiger partial charge >= 0.3 is 0 Å². The highest BCUT2D eigenvalue weighted by Gasteiger charge is 2.29. The van der Waals surface area contributed by atoms with Gasteiger partial charge in [0, 0.05) is 37.4 Å². The number of aromatic nitrogens is 2. The molecule has 0 unspecified atom stereocenters. The van der Waals surface area contributed by atoms with Gasteiger partial charge < -0.3 is 9.72 Å². The molecule has 182 valence electrons. The van der Waals surface area contributed by atoms with Crippen LogP contribution in [0.3, 0.4) is 0 Å². The fourth-order valence-electron chi connectivity index (χ4n) is 4.03. The molecule has 3 aromatic heterocycles. The van der Waals surface area contributed by atoms with Crippen LogP contribution in [0.1, 0.15) is 26.5 Å². The summed E-state index contributed by atoms with van der Waals surface area (Å²) in [5.74, 6) is -0.125. The second-order valence-electron chi connectivity index (χ2n) is 8.28. The van der Waals surface area contributed by atoms with Gasteiger partial charge in [-0.05, 0) is 74.0 Å². The highest BCUT2D eigenvalue weighted by Crippen LogP contribution is 2.34. The molecule has 0 saturated carbocycles. The number of halogens is 1. The summed E-state index contributed by atoms with van der Waals surface area (Å²) in [6.07, 6.45) is 0.0192. The number of fused-ring (bicyclic) bond motifs is 1. The first-order chi connectivity index (χ1) is 17.3. The zero-order valence-electron chi connectivity index (χ0n) is 19.8. The Kier molecular flexibility index (Phi) is 6.66. The van der Waals surface area contributed by atoms with E-state index < -0.39 is 5.91 Å². The number of amides is 2. The van der Waals surface area contributed by atoms with Gasteiger partial charge in [0.05, 0.1) is 24.1 Å². The van der Waals surface area contributed by atoms with Crippen LogP contribution in [-0.4, -0.2) is 28.9 Å². The molecule has 9 heteroatoms. The van der Waals surface area contributed by atoms with Crippen molar-refractivity contribution in [1.82, 2.24) is 9.97 Å². The average Bonchev–Trinajstić information content (AvgIpc) is 3.59. The predicted molar refractivity (Wildman–Crippen MR) is 147 cm³/mol. The number of imide groups is 1. The minimum absolute atomic E-state index is 0.0192. The normalized spacial score (nSPS) is 11.1. The van der Waals surface area contributed by atoms with E-state index in [4.69, 9.17) is 16.3 Å². The number of nitrogens with one attached hydrogen (secondary N) is 1. The van der Waals surface area contributed by atoms with Gasteiger partial charge in [-0.15, -0.1) is 22.7 Å². The van der Waals surface area contributed by atoms with Crippen molar-refractivity contribution >= 4 is 62.1 Å². The van der Waals surface area contributed by atoms with Crippen LogP contribution in [0, 0.1) is 13.8 Å². The Morgan fingerprint density at radius 3 is 2.56 bits per heavy atom. The first-order valence-corrected chi connectivity index (χ1v) is 13.2. The second kappa shape index (κ2) is 9.89. The number of methoxy groups -OCH3 is 1. The largest absolute Gasteiger partial charge is 0.497 e. The standard InChI is InChI=1S/C27H22ClN3O3S2/c1-15-4-11-24(36-15)23-14-35-27(30-23)31(26(33)17-5-7-18(28)8-6-17)25(32)13-20-16(2)29-22-10-9-19(34-3)12-21(20)22/h4-12,14,29H,13H2,1-3H3. The van der Waals surface area contributed by atoms with Gasteiger partial charge in [-0.1, -0.05) is 11.6 Å². The quantitative estimate of drug-likeness (QED) is 0.253. The van der Waals surface area contributed by atoms with Gasteiger partial charge in [0.15, 0.2) is 5.13 Å². The third kappa shape index (κ3) is 4.67. The van der Waals surface area contributed by atoms with E-state index in [1.165, 1.54) is 16.2 Å². The Morgan fingerprint density at radius 1 is 1.08 bits per heavy atom. The minimum Gasteiger partial charge on any atom is -0.497 e. The van der Waals surface area contributed by atoms with Crippen molar-refractivity contribution in [1.29, 1.82) is 0 Å². The lowest BCUT2D eigenvalue weighted by molar-refractivity contribution is -0.117. The molecule has 0 spiro atoms. The third-order valence-electron chi connectivity index (χ3n) is 5.87. The van der Waals surface area contributed by atoms with Crippen molar-refractivity contribution in [2.75, 3.05) is 12.0 Å². The van der Waals surface area contributed by atoms with Crippen LogP contribution in [-0.2, 0) is 11.2 Å². The van der Waals surface area contributed by atoms with Gasteiger partial charge in [-0.3, -0.25) is 9.59 Å². The lowest BCUT2D eigenvalue weighted by atomic mass is 10.1. The topological polar surface area (TPSA) is 75.3 Å². The Hall–Kier alpha value is -3.46. The molecule has 2 aromatic carbocycles. The molecule has 0 aliphatic heterocycles. The number of carbonyl (C=O) groups excluding carboxylic acids is 2. The van der Waals surface area contributed by atoms with Gasteiger partial charge in [0.1, 0.15) is 5.75 Å². The van der Waals surface area contributed by atoms with E-state index in [1.54, 1.807) is 42.7 Å². The molecule has 0 atom stereocenters. The summed E-state index contributed by atoms with van der Waals surface area (Å²) < 4.78 is 5.38. The number of hydrogen-bond acceptors (Lipinski definition) is 6. The van der Waals surface area contributed by atoms with Crippen LogP contribution >= 0.6 is 34.3 Å². The number of benzene rings is 2. The number of H-pyrrole nitrogens is 1. The number of nitrogens with zero attached hydrogens (tertiary/aromatic N) is 2. The molecule has 0 fully saturated rings. The monoisotopic (exact) mass is 535 g/mol. The molecule has 5 aromatic rings. The van der Waals surface area contributed by atoms with Crippen LogP contribution in [0.25, 0.3) is 21.5 Å². The van der Waals surface area contributed by atoms with E-state index >= 15 is 0 Å². The minimum atomic E-state index is -0.449. The molecular weight excluding hydrogens is 514 g/mol. The Bertz CT molecular complexity index is 1580. The predicted octanol–water partition coefficient (Wildman–Crippen LogP) is 7.05. The molecule has 0 aliphatic rings. The summed E-state index contributed by atoms with van der Waals surface area (Å²) in [7, 11) is 1.60. The average molecular weight is 536 g/mol. The summed E-state index contributed by atoms with van der Waals surface area (Å²) in [6, 6.07) is 16.2. The van der Waals surface area contributed by atoms with E-state index in [9.17, 15) is 9.59 Å². The van der Waals surface area contributed by atoms with E-state index in [0.717, 1.165) is 37.6 Å². The van der Waals surface area contributed by atoms with Crippen LogP contribution < -0.4 is 9.64 Å². The fraction of sp³-hybridized carbons (Fsp3) is 0.148. The third-order valence-corrected chi connectivity index (χ3v) is 7.98. The summed E-state index contributed by atoms with van der Waals surface area (Å²) >= 11 is 8.91. The smallest absolute Gasteiger partial charge is 0.266 e. The van der Waals surface area contributed by atoms with Crippen molar-refractivity contribution in [2.45, 2.75) is 20.3 Å². The fourth-order valence-corrected chi connectivity index (χ4v) is 5.89. The van der Waals surface area contributed by atoms with Gasteiger partial charge in [-0.25, -0.2) is 9.88 Å². The van der Waals surface area contributed by atoms with E-state index in [1.807, 2.05) is 49.6 Å². The Labute approximate surface area is 221 Å². The molecule has 6 nitrogen and oxygen atoms in total. The summed E-state index contributed by atoms with van der Waals surface area (Å²) in [5, 5.41) is 3.60. The molecule has 2 amide bonds. The van der Waals surface area contributed by atoms with Crippen molar-refractivity contribution < 1.29 is 14.3 Å². The maximum Gasteiger partial charge on any atom is 0.266 e. The molecule has 5 rings (SSSR count). The number of hydrogen-bond donors (Lipinski definition) is 1. The molecule has 36 heavy (non-hydrogen) atoms. The highest BCUT2D eigenvalue weighted by atomic mass is 35.5. The molecule has 3 heterocycles. The van der Waals surface area contributed by atoms with Gasteiger partial charge in [0.2, 0.25) is 5.91 Å². The van der Waals surface area contributed by atoms with Crippen LogP contribution in [0.15, 0.2) is 60.0 Å². The molecular formula is C27H22ClN3O3S2. The highest BCUT2D eigenvalue weighted by molar-refractivity contribution is 7.17. The van der Waals surface area contributed by atoms with Crippen molar-refractivity contribution in [3.05, 3.63) is 86.7 Å². The number of rotatable bonds is 6. The van der Waals surface area contributed by atoms with Crippen LogP contribution in [0.2, 0.25) is 5.02 Å².